The summed E-state index contributed by atoms with van der Waals surface area (Å²) in [5, 5.41) is 0. The van der Waals surface area contributed by atoms with Gasteiger partial charge in [-0.05, 0) is 6.42 Å². The van der Waals surface area contributed by atoms with E-state index >= 15 is 0 Å². The predicted molar refractivity (Wildman–Crippen MR) is 82.6 cm³/mol. The van der Waals surface area contributed by atoms with Gasteiger partial charge in [0.1, 0.15) is 6.10 Å². The van der Waals surface area contributed by atoms with Crippen LogP contribution in [0.2, 0.25) is 12.1 Å². The second-order valence-electron chi connectivity index (χ2n) is 5.70. The summed E-state index contributed by atoms with van der Waals surface area (Å²) in [5.74, 6) is 0. The smallest absolute Gasteiger partial charge is 0.104 e. The Hall–Kier alpha value is 0.0969. The third kappa shape index (κ3) is 10.5. The molecule has 1 rings (SSSR count). The number of rotatable bonds is 14. The van der Waals surface area contributed by atoms with Gasteiger partial charge in [0.2, 0.25) is 0 Å². The van der Waals surface area contributed by atoms with Crippen LogP contribution in [0.25, 0.3) is 0 Å². The fourth-order valence-corrected chi connectivity index (χ4v) is 5.14. The van der Waals surface area contributed by atoms with Gasteiger partial charge in [-0.1, -0.05) is 51.1 Å². The molecule has 4 heteroatoms. The van der Waals surface area contributed by atoms with Crippen LogP contribution in [-0.2, 0) is 14.2 Å². The van der Waals surface area contributed by atoms with Crippen LogP contribution >= 0.6 is 0 Å². The van der Waals surface area contributed by atoms with E-state index in [4.69, 9.17) is 14.2 Å². The fourth-order valence-electron chi connectivity index (χ4n) is 2.44. The first-order chi connectivity index (χ1) is 9.36. The number of methoxy groups -OCH3 is 1. The van der Waals surface area contributed by atoms with Crippen molar-refractivity contribution < 1.29 is 14.2 Å². The molecule has 3 nitrogen and oxygen atoms in total. The van der Waals surface area contributed by atoms with Crippen LogP contribution in [-0.4, -0.2) is 48.1 Å². The van der Waals surface area contributed by atoms with E-state index in [-0.39, 0.29) is 0 Å². The van der Waals surface area contributed by atoms with Gasteiger partial charge in [-0.25, -0.2) is 0 Å². The number of unbranched alkanes of at least 4 members (excludes halogenated alkanes) is 4. The molecule has 0 spiro atoms. The zero-order chi connectivity index (χ0) is 13.8. The molecule has 0 aliphatic carbocycles. The Morgan fingerprint density at radius 2 is 1.84 bits per heavy atom. The molecular formula is C15H32O3Si. The third-order valence-corrected chi connectivity index (χ3v) is 6.98. The molecular weight excluding hydrogens is 256 g/mol. The Morgan fingerprint density at radius 1 is 1.11 bits per heavy atom. The van der Waals surface area contributed by atoms with E-state index in [1.54, 1.807) is 0 Å². The normalized spacial score (nSPS) is 19.6. The molecule has 1 fully saturated rings. The standard InChI is InChI=1S/C15H32O3Si/c1-3-4-5-6-7-10-19(14-16-2)11-8-9-17-12-15-13-18-15/h15,19H,3-14H2,1-2H3. The van der Waals surface area contributed by atoms with Crippen LogP contribution in [0.4, 0.5) is 0 Å². The lowest BCUT2D eigenvalue weighted by Crippen LogP contribution is -2.20. The average molecular weight is 289 g/mol. The van der Waals surface area contributed by atoms with Crippen molar-refractivity contribution in [1.29, 1.82) is 0 Å². The molecule has 114 valence electrons. The number of ether oxygens (including phenoxy) is 3. The maximum Gasteiger partial charge on any atom is 0.104 e. The van der Waals surface area contributed by atoms with E-state index in [1.807, 2.05) is 7.11 Å². The first kappa shape index (κ1) is 17.1. The lowest BCUT2D eigenvalue weighted by molar-refractivity contribution is 0.117. The van der Waals surface area contributed by atoms with Gasteiger partial charge in [0.25, 0.3) is 0 Å². The van der Waals surface area contributed by atoms with E-state index < -0.39 is 8.80 Å². The molecule has 0 aromatic carbocycles. The summed E-state index contributed by atoms with van der Waals surface area (Å²) < 4.78 is 16.1. The molecule has 0 amide bonds. The summed E-state index contributed by atoms with van der Waals surface area (Å²) in [6.45, 7) is 4.88. The Bertz CT molecular complexity index is 198. The van der Waals surface area contributed by atoms with Gasteiger partial charge in [0.05, 0.1) is 22.0 Å². The Morgan fingerprint density at radius 3 is 2.53 bits per heavy atom. The largest absolute Gasteiger partial charge is 0.388 e. The highest BCUT2D eigenvalue weighted by Crippen LogP contribution is 2.13. The van der Waals surface area contributed by atoms with E-state index in [0.29, 0.717) is 6.10 Å². The number of hydrogen-bond acceptors (Lipinski definition) is 3. The Labute approximate surface area is 120 Å². The number of hydrogen-bond donors (Lipinski definition) is 0. The van der Waals surface area contributed by atoms with E-state index in [2.05, 4.69) is 6.92 Å². The van der Waals surface area contributed by atoms with E-state index in [9.17, 15) is 0 Å². The highest BCUT2D eigenvalue weighted by atomic mass is 28.3. The quantitative estimate of drug-likeness (QED) is 0.279. The lowest BCUT2D eigenvalue weighted by atomic mass is 10.2. The van der Waals surface area contributed by atoms with Crippen molar-refractivity contribution in [3.63, 3.8) is 0 Å². The van der Waals surface area contributed by atoms with Crippen molar-refractivity contribution in [3.8, 4) is 0 Å². The van der Waals surface area contributed by atoms with Gasteiger partial charge >= 0.3 is 0 Å². The molecule has 0 bridgehead atoms. The van der Waals surface area contributed by atoms with Gasteiger partial charge in [0.15, 0.2) is 0 Å². The lowest BCUT2D eigenvalue weighted by Gasteiger charge is -2.14. The molecule has 0 N–H and O–H groups in total. The molecule has 1 heterocycles. The zero-order valence-corrected chi connectivity index (χ0v) is 14.0. The maximum absolute atomic E-state index is 5.60. The SMILES string of the molecule is CCCCCCC[SiH](CCCOCC1CO1)COC. The summed E-state index contributed by atoms with van der Waals surface area (Å²) in [5.41, 5.74) is 0. The van der Waals surface area contributed by atoms with Gasteiger partial charge in [0, 0.05) is 19.9 Å². The summed E-state index contributed by atoms with van der Waals surface area (Å²) in [7, 11) is 1.17. The van der Waals surface area contributed by atoms with Gasteiger partial charge in [-0.3, -0.25) is 0 Å². The van der Waals surface area contributed by atoms with Gasteiger partial charge in [-0.2, -0.15) is 0 Å². The Balaban J connectivity index is 1.92. The van der Waals surface area contributed by atoms with Crippen LogP contribution in [0.3, 0.4) is 0 Å². The van der Waals surface area contributed by atoms with E-state index in [0.717, 1.165) is 26.1 Å². The maximum atomic E-state index is 5.60. The molecule has 2 unspecified atom stereocenters. The molecule has 2 atom stereocenters. The predicted octanol–water partition coefficient (Wildman–Crippen LogP) is 3.18. The second-order valence-corrected chi connectivity index (χ2v) is 8.92. The van der Waals surface area contributed by atoms with Crippen LogP contribution in [0.15, 0.2) is 0 Å². The highest BCUT2D eigenvalue weighted by molar-refractivity contribution is 6.58. The first-order valence-electron chi connectivity index (χ1n) is 8.05. The molecule has 1 saturated heterocycles. The summed E-state index contributed by atoms with van der Waals surface area (Å²) >= 11 is 0. The summed E-state index contributed by atoms with van der Waals surface area (Å²) in [6, 6.07) is 2.82. The van der Waals surface area contributed by atoms with Crippen molar-refractivity contribution >= 4 is 8.80 Å². The monoisotopic (exact) mass is 288 g/mol. The van der Waals surface area contributed by atoms with Crippen LogP contribution in [0.1, 0.15) is 45.4 Å². The van der Waals surface area contributed by atoms with Crippen molar-refractivity contribution in [2.45, 2.75) is 63.6 Å². The zero-order valence-electron chi connectivity index (χ0n) is 12.9. The minimum Gasteiger partial charge on any atom is -0.388 e. The molecule has 0 saturated carbocycles. The molecule has 0 aromatic rings. The van der Waals surface area contributed by atoms with Crippen molar-refractivity contribution in [3.05, 3.63) is 0 Å². The summed E-state index contributed by atoms with van der Waals surface area (Å²) in [6.07, 6.45) is 9.63. The topological polar surface area (TPSA) is 31.0 Å². The number of epoxide rings is 1. The van der Waals surface area contributed by atoms with Crippen molar-refractivity contribution in [2.75, 3.05) is 33.2 Å². The average Bonchev–Trinajstić information content (AvgIpc) is 3.22. The third-order valence-electron chi connectivity index (χ3n) is 3.73. The minimum atomic E-state index is -0.670. The van der Waals surface area contributed by atoms with Crippen molar-refractivity contribution in [1.82, 2.24) is 0 Å². The van der Waals surface area contributed by atoms with Gasteiger partial charge in [-0.15, -0.1) is 0 Å². The molecule has 1 aliphatic rings. The van der Waals surface area contributed by atoms with E-state index in [1.165, 1.54) is 50.6 Å². The molecule has 0 aromatic heterocycles. The fraction of sp³-hybridized carbons (Fsp3) is 1.00. The first-order valence-corrected chi connectivity index (χ1v) is 10.5. The minimum absolute atomic E-state index is 0.408. The molecule has 19 heavy (non-hydrogen) atoms. The Kier molecular flexibility index (Phi) is 10.7. The van der Waals surface area contributed by atoms with Crippen LogP contribution in [0.5, 0.6) is 0 Å². The van der Waals surface area contributed by atoms with Crippen LogP contribution < -0.4 is 0 Å². The van der Waals surface area contributed by atoms with Crippen LogP contribution in [0, 0.1) is 0 Å². The van der Waals surface area contributed by atoms with Crippen molar-refractivity contribution in [2.24, 2.45) is 0 Å². The molecule has 0 radical (unpaired) electrons. The summed E-state index contributed by atoms with van der Waals surface area (Å²) in [4.78, 5) is 0. The molecule has 1 aliphatic heterocycles. The highest BCUT2D eigenvalue weighted by Gasteiger charge is 2.22. The van der Waals surface area contributed by atoms with Gasteiger partial charge < -0.3 is 14.2 Å². The second kappa shape index (κ2) is 11.9.